The van der Waals surface area contributed by atoms with Gasteiger partial charge < -0.3 is 15.8 Å². The first-order chi connectivity index (χ1) is 6.79. The van der Waals surface area contributed by atoms with Gasteiger partial charge in [-0.05, 0) is 18.8 Å². The minimum absolute atomic E-state index is 0.0361. The number of nitrogens with one attached hydrogen (secondary N) is 1. The van der Waals surface area contributed by atoms with Gasteiger partial charge in [0.15, 0.2) is 0 Å². The van der Waals surface area contributed by atoms with Crippen molar-refractivity contribution in [1.82, 2.24) is 5.32 Å². The van der Waals surface area contributed by atoms with E-state index in [1.807, 2.05) is 0 Å². The summed E-state index contributed by atoms with van der Waals surface area (Å²) in [5, 5.41) is 3.45. The highest BCUT2D eigenvalue weighted by Gasteiger charge is 2.43. The highest BCUT2D eigenvalue weighted by atomic mass is 16.5. The van der Waals surface area contributed by atoms with Gasteiger partial charge in [-0.1, -0.05) is 0 Å². The van der Waals surface area contributed by atoms with Crippen LogP contribution in [0.2, 0.25) is 0 Å². The predicted molar refractivity (Wildman–Crippen MR) is 57.8 cm³/mol. The summed E-state index contributed by atoms with van der Waals surface area (Å²) in [6.07, 6.45) is 8.47. The van der Waals surface area contributed by atoms with Crippen LogP contribution in [0.1, 0.15) is 19.3 Å². The summed E-state index contributed by atoms with van der Waals surface area (Å²) in [6, 6.07) is 0. The molecule has 1 aliphatic rings. The van der Waals surface area contributed by atoms with Crippen LogP contribution in [0.15, 0.2) is 0 Å². The molecule has 1 saturated carbocycles. The summed E-state index contributed by atoms with van der Waals surface area (Å²) in [5.41, 5.74) is 5.79. The maximum absolute atomic E-state index is 5.82. The summed E-state index contributed by atoms with van der Waals surface area (Å²) in [5.74, 6) is 3.29. The minimum Gasteiger partial charge on any atom is -0.383 e. The Morgan fingerprint density at radius 2 is 2.36 bits per heavy atom. The topological polar surface area (TPSA) is 47.3 Å². The third-order valence-electron chi connectivity index (χ3n) is 2.87. The highest BCUT2D eigenvalue weighted by molar-refractivity contribution is 5.02. The quantitative estimate of drug-likeness (QED) is 0.456. The van der Waals surface area contributed by atoms with Crippen LogP contribution in [0.3, 0.4) is 0 Å². The van der Waals surface area contributed by atoms with Gasteiger partial charge in [-0.3, -0.25) is 0 Å². The highest BCUT2D eigenvalue weighted by Crippen LogP contribution is 2.39. The van der Waals surface area contributed by atoms with E-state index in [9.17, 15) is 0 Å². The van der Waals surface area contributed by atoms with E-state index < -0.39 is 0 Å². The number of methoxy groups -OCH3 is 1. The van der Waals surface area contributed by atoms with E-state index in [4.69, 9.17) is 16.9 Å². The molecule has 1 aliphatic carbocycles. The molecule has 0 aromatic carbocycles. The third-order valence-corrected chi connectivity index (χ3v) is 2.87. The summed E-state index contributed by atoms with van der Waals surface area (Å²) in [4.78, 5) is 0. The first kappa shape index (κ1) is 11.5. The zero-order valence-corrected chi connectivity index (χ0v) is 8.88. The molecule has 0 bridgehead atoms. The van der Waals surface area contributed by atoms with E-state index >= 15 is 0 Å². The molecule has 3 heteroatoms. The van der Waals surface area contributed by atoms with Gasteiger partial charge in [0.2, 0.25) is 0 Å². The lowest BCUT2D eigenvalue weighted by molar-refractivity contribution is 0.0994. The Hall–Kier alpha value is -0.560. The van der Waals surface area contributed by atoms with Gasteiger partial charge >= 0.3 is 0 Å². The SMILES string of the molecule is C#CCCNC(CN)(COC)C1CC1. The molecule has 0 aromatic rings. The Morgan fingerprint density at radius 3 is 2.79 bits per heavy atom. The standard InChI is InChI=1S/C11H20N2O/c1-3-4-7-13-11(8-12,9-14-2)10-5-6-10/h1,10,13H,4-9,12H2,2H3. The largest absolute Gasteiger partial charge is 0.383 e. The van der Waals surface area contributed by atoms with E-state index in [2.05, 4.69) is 11.2 Å². The van der Waals surface area contributed by atoms with Crippen molar-refractivity contribution < 1.29 is 4.74 Å². The van der Waals surface area contributed by atoms with Gasteiger partial charge in [-0.2, -0.15) is 0 Å². The zero-order chi connectivity index (χ0) is 10.4. The number of terminal acetylenes is 1. The molecular weight excluding hydrogens is 176 g/mol. The van der Waals surface area contributed by atoms with E-state index in [1.165, 1.54) is 12.8 Å². The van der Waals surface area contributed by atoms with Crippen molar-refractivity contribution in [3.63, 3.8) is 0 Å². The van der Waals surface area contributed by atoms with Crippen LogP contribution >= 0.6 is 0 Å². The lowest BCUT2D eigenvalue weighted by Crippen LogP contribution is -2.56. The van der Waals surface area contributed by atoms with Crippen molar-refractivity contribution in [3.05, 3.63) is 0 Å². The third kappa shape index (κ3) is 2.71. The number of hydrogen-bond acceptors (Lipinski definition) is 3. The Kier molecular flexibility index (Phi) is 4.40. The zero-order valence-electron chi connectivity index (χ0n) is 8.88. The molecule has 0 spiro atoms. The maximum Gasteiger partial charge on any atom is 0.0659 e. The van der Waals surface area contributed by atoms with Crippen LogP contribution in [0.4, 0.5) is 0 Å². The van der Waals surface area contributed by atoms with Gasteiger partial charge in [0.25, 0.3) is 0 Å². The number of rotatable bonds is 7. The lowest BCUT2D eigenvalue weighted by atomic mass is 9.94. The first-order valence-electron chi connectivity index (χ1n) is 5.16. The first-order valence-corrected chi connectivity index (χ1v) is 5.16. The Balaban J connectivity index is 2.45. The lowest BCUT2D eigenvalue weighted by Gasteiger charge is -2.33. The molecule has 1 rings (SSSR count). The smallest absolute Gasteiger partial charge is 0.0659 e. The Labute approximate surface area is 86.4 Å². The molecule has 3 nitrogen and oxygen atoms in total. The summed E-state index contributed by atoms with van der Waals surface area (Å²) in [7, 11) is 1.72. The fraction of sp³-hybridized carbons (Fsp3) is 0.818. The molecule has 80 valence electrons. The number of nitrogens with two attached hydrogens (primary N) is 1. The normalized spacial score (nSPS) is 20.1. The summed E-state index contributed by atoms with van der Waals surface area (Å²) in [6.45, 7) is 2.13. The van der Waals surface area contributed by atoms with Crippen LogP contribution < -0.4 is 11.1 Å². The van der Waals surface area contributed by atoms with E-state index in [-0.39, 0.29) is 5.54 Å². The van der Waals surface area contributed by atoms with Gasteiger partial charge in [0, 0.05) is 26.6 Å². The number of hydrogen-bond donors (Lipinski definition) is 2. The molecule has 0 aliphatic heterocycles. The second-order valence-electron chi connectivity index (χ2n) is 3.95. The second-order valence-corrected chi connectivity index (χ2v) is 3.95. The maximum atomic E-state index is 5.82. The molecule has 0 radical (unpaired) electrons. The molecule has 3 N–H and O–H groups in total. The van der Waals surface area contributed by atoms with Crippen LogP contribution in [-0.4, -0.2) is 32.3 Å². The predicted octanol–water partition coefficient (Wildman–Crippen LogP) is 0.353. The van der Waals surface area contributed by atoms with Crippen molar-refractivity contribution >= 4 is 0 Å². The van der Waals surface area contributed by atoms with Gasteiger partial charge in [0.1, 0.15) is 0 Å². The minimum atomic E-state index is -0.0361. The molecule has 0 amide bonds. The molecule has 1 unspecified atom stereocenters. The van der Waals surface area contributed by atoms with Crippen LogP contribution in [-0.2, 0) is 4.74 Å². The molecule has 0 heterocycles. The van der Waals surface area contributed by atoms with Gasteiger partial charge in [-0.25, -0.2) is 0 Å². The fourth-order valence-corrected chi connectivity index (χ4v) is 1.89. The van der Waals surface area contributed by atoms with Gasteiger partial charge in [-0.15, -0.1) is 12.3 Å². The van der Waals surface area contributed by atoms with Crippen molar-refractivity contribution in [3.8, 4) is 12.3 Å². The monoisotopic (exact) mass is 196 g/mol. The van der Waals surface area contributed by atoms with Crippen LogP contribution in [0.5, 0.6) is 0 Å². The van der Waals surface area contributed by atoms with Crippen LogP contribution in [0.25, 0.3) is 0 Å². The van der Waals surface area contributed by atoms with E-state index in [0.717, 1.165) is 13.0 Å². The Bertz CT molecular complexity index is 208. The molecule has 14 heavy (non-hydrogen) atoms. The van der Waals surface area contributed by atoms with E-state index in [0.29, 0.717) is 19.1 Å². The van der Waals surface area contributed by atoms with Crippen molar-refractivity contribution in [1.29, 1.82) is 0 Å². The Morgan fingerprint density at radius 1 is 1.64 bits per heavy atom. The van der Waals surface area contributed by atoms with Crippen molar-refractivity contribution in [2.45, 2.75) is 24.8 Å². The average Bonchev–Trinajstić information content (AvgIpc) is 3.00. The molecule has 1 atom stereocenters. The van der Waals surface area contributed by atoms with Crippen LogP contribution in [0, 0.1) is 18.3 Å². The molecule has 1 fully saturated rings. The fourth-order valence-electron chi connectivity index (χ4n) is 1.89. The molecular formula is C11H20N2O. The van der Waals surface area contributed by atoms with E-state index in [1.54, 1.807) is 7.11 Å². The van der Waals surface area contributed by atoms with Crippen molar-refractivity contribution in [2.24, 2.45) is 11.7 Å². The summed E-state index contributed by atoms with van der Waals surface area (Å²) < 4.78 is 5.24. The van der Waals surface area contributed by atoms with Gasteiger partial charge in [0.05, 0.1) is 12.1 Å². The number of ether oxygens (including phenoxy) is 1. The second kappa shape index (κ2) is 5.35. The summed E-state index contributed by atoms with van der Waals surface area (Å²) >= 11 is 0. The average molecular weight is 196 g/mol. The molecule has 0 aromatic heterocycles. The molecule has 0 saturated heterocycles. The van der Waals surface area contributed by atoms with Crippen molar-refractivity contribution in [2.75, 3.05) is 26.8 Å².